The Bertz CT molecular complexity index is 471. The van der Waals surface area contributed by atoms with Crippen molar-refractivity contribution in [3.63, 3.8) is 0 Å². The molecule has 1 aromatic heterocycles. The second-order valence-electron chi connectivity index (χ2n) is 7.41. The first-order valence-corrected chi connectivity index (χ1v) is 7.84. The van der Waals surface area contributed by atoms with Crippen LogP contribution in [0, 0.1) is 24.7 Å². The Balaban J connectivity index is 1.75. The van der Waals surface area contributed by atoms with Gasteiger partial charge >= 0.3 is 0 Å². The van der Waals surface area contributed by atoms with Gasteiger partial charge in [-0.15, -0.1) is 0 Å². The summed E-state index contributed by atoms with van der Waals surface area (Å²) in [5.74, 6) is 2.96. The highest BCUT2D eigenvalue weighted by atomic mass is 14.7. The summed E-state index contributed by atoms with van der Waals surface area (Å²) in [6.07, 6.45) is 10.7. The lowest BCUT2D eigenvalue weighted by atomic mass is 9.48. The van der Waals surface area contributed by atoms with Crippen LogP contribution in [0.2, 0.25) is 0 Å². The van der Waals surface area contributed by atoms with Crippen LogP contribution >= 0.6 is 0 Å². The summed E-state index contributed by atoms with van der Waals surface area (Å²) in [6, 6.07) is 2.26. The summed E-state index contributed by atoms with van der Waals surface area (Å²) in [7, 11) is 0. The molecule has 102 valence electrons. The molecule has 0 atom stereocenters. The van der Waals surface area contributed by atoms with Gasteiger partial charge in [0.15, 0.2) is 0 Å². The molecule has 2 heteroatoms. The van der Waals surface area contributed by atoms with Gasteiger partial charge in [0, 0.05) is 23.9 Å². The molecule has 1 aromatic rings. The summed E-state index contributed by atoms with van der Waals surface area (Å²) in [4.78, 5) is 4.86. The quantitative estimate of drug-likeness (QED) is 0.881. The van der Waals surface area contributed by atoms with Crippen LogP contribution in [0.25, 0.3) is 0 Å². The van der Waals surface area contributed by atoms with Crippen molar-refractivity contribution in [2.45, 2.75) is 57.4 Å². The molecule has 4 aliphatic carbocycles. The summed E-state index contributed by atoms with van der Waals surface area (Å²) < 4.78 is 0. The third-order valence-electron chi connectivity index (χ3n) is 5.91. The number of aryl methyl sites for hydroxylation is 1. The Hall–Kier alpha value is -0.890. The molecule has 4 fully saturated rings. The lowest BCUT2D eigenvalue weighted by Crippen LogP contribution is -2.49. The molecule has 5 rings (SSSR count). The maximum absolute atomic E-state index is 5.74. The highest BCUT2D eigenvalue weighted by Crippen LogP contribution is 2.60. The van der Waals surface area contributed by atoms with Crippen molar-refractivity contribution in [3.05, 3.63) is 29.1 Å². The molecular weight excluding hydrogens is 232 g/mol. The molecule has 4 saturated carbocycles. The summed E-state index contributed by atoms with van der Waals surface area (Å²) in [5.41, 5.74) is 10.1. The molecule has 0 saturated heterocycles. The number of hydrogen-bond donors (Lipinski definition) is 1. The van der Waals surface area contributed by atoms with Crippen molar-refractivity contribution >= 4 is 0 Å². The van der Waals surface area contributed by atoms with Gasteiger partial charge in [0.25, 0.3) is 0 Å². The molecule has 1 heterocycles. The molecule has 0 aromatic carbocycles. The van der Waals surface area contributed by atoms with Crippen molar-refractivity contribution in [2.75, 3.05) is 0 Å². The van der Waals surface area contributed by atoms with E-state index >= 15 is 0 Å². The monoisotopic (exact) mass is 256 g/mol. The van der Waals surface area contributed by atoms with Crippen LogP contribution in [-0.4, -0.2) is 4.98 Å². The Morgan fingerprint density at radius 1 is 1.16 bits per heavy atom. The van der Waals surface area contributed by atoms with E-state index in [9.17, 15) is 0 Å². The fourth-order valence-corrected chi connectivity index (χ4v) is 5.70. The van der Waals surface area contributed by atoms with Gasteiger partial charge in [-0.05, 0) is 74.3 Å². The van der Waals surface area contributed by atoms with Crippen LogP contribution in [0.3, 0.4) is 0 Å². The molecule has 2 nitrogen and oxygen atoms in total. The molecule has 2 N–H and O–H groups in total. The van der Waals surface area contributed by atoms with E-state index in [4.69, 9.17) is 10.7 Å². The van der Waals surface area contributed by atoms with Gasteiger partial charge in [0.1, 0.15) is 0 Å². The first-order chi connectivity index (χ1) is 9.18. The normalized spacial score (nSPS) is 39.8. The van der Waals surface area contributed by atoms with Crippen LogP contribution in [0.5, 0.6) is 0 Å². The third kappa shape index (κ3) is 1.76. The van der Waals surface area contributed by atoms with Crippen LogP contribution < -0.4 is 5.73 Å². The van der Waals surface area contributed by atoms with E-state index in [1.54, 1.807) is 0 Å². The fraction of sp³-hybridized carbons (Fsp3) is 0.706. The zero-order valence-corrected chi connectivity index (χ0v) is 11.9. The third-order valence-corrected chi connectivity index (χ3v) is 5.91. The van der Waals surface area contributed by atoms with Crippen molar-refractivity contribution < 1.29 is 0 Å². The molecule has 0 radical (unpaired) electrons. The Labute approximate surface area is 115 Å². The SMILES string of the molecule is Cc1cc(CN)cnc1C12CC3CC(CC(C3)C1)C2. The van der Waals surface area contributed by atoms with Gasteiger partial charge in [-0.25, -0.2) is 0 Å². The predicted octanol–water partition coefficient (Wildman–Crippen LogP) is 3.32. The van der Waals surface area contributed by atoms with Crippen LogP contribution in [0.4, 0.5) is 0 Å². The topological polar surface area (TPSA) is 38.9 Å². The van der Waals surface area contributed by atoms with Crippen molar-refractivity contribution in [1.29, 1.82) is 0 Å². The molecule has 0 amide bonds. The van der Waals surface area contributed by atoms with Gasteiger partial charge in [-0.3, -0.25) is 4.98 Å². The number of nitrogens with two attached hydrogens (primary N) is 1. The molecule has 0 spiro atoms. The highest BCUT2D eigenvalue weighted by Gasteiger charge is 2.52. The minimum atomic E-state index is 0.423. The number of rotatable bonds is 2. The van der Waals surface area contributed by atoms with E-state index in [1.807, 2.05) is 6.20 Å². The van der Waals surface area contributed by atoms with Crippen molar-refractivity contribution in [3.8, 4) is 0 Å². The minimum Gasteiger partial charge on any atom is -0.326 e. The number of aromatic nitrogens is 1. The van der Waals surface area contributed by atoms with Crippen LogP contribution in [0.1, 0.15) is 55.3 Å². The van der Waals surface area contributed by atoms with E-state index in [-0.39, 0.29) is 0 Å². The van der Waals surface area contributed by atoms with Gasteiger partial charge in [0.2, 0.25) is 0 Å². The predicted molar refractivity (Wildman–Crippen MR) is 76.7 cm³/mol. The highest BCUT2D eigenvalue weighted by molar-refractivity contribution is 5.32. The molecule has 0 unspecified atom stereocenters. The number of nitrogens with zero attached hydrogens (tertiary/aromatic N) is 1. The van der Waals surface area contributed by atoms with Crippen LogP contribution in [-0.2, 0) is 12.0 Å². The lowest BCUT2D eigenvalue weighted by Gasteiger charge is -2.56. The molecule has 4 aliphatic rings. The van der Waals surface area contributed by atoms with E-state index < -0.39 is 0 Å². The van der Waals surface area contributed by atoms with Gasteiger partial charge in [0.05, 0.1) is 0 Å². The smallest absolute Gasteiger partial charge is 0.0494 e. The zero-order chi connectivity index (χ0) is 13.0. The minimum absolute atomic E-state index is 0.423. The van der Waals surface area contributed by atoms with Crippen molar-refractivity contribution in [2.24, 2.45) is 23.5 Å². The molecule has 0 aliphatic heterocycles. The van der Waals surface area contributed by atoms with E-state index in [0.29, 0.717) is 12.0 Å². The second kappa shape index (κ2) is 4.05. The van der Waals surface area contributed by atoms with Gasteiger partial charge in [-0.2, -0.15) is 0 Å². The van der Waals surface area contributed by atoms with Crippen molar-refractivity contribution in [1.82, 2.24) is 4.98 Å². The maximum Gasteiger partial charge on any atom is 0.0494 e. The molecule has 4 bridgehead atoms. The lowest BCUT2D eigenvalue weighted by molar-refractivity contribution is -0.00751. The van der Waals surface area contributed by atoms with Gasteiger partial charge in [-0.1, -0.05) is 6.07 Å². The van der Waals surface area contributed by atoms with E-state index in [0.717, 1.165) is 17.8 Å². The van der Waals surface area contributed by atoms with Gasteiger partial charge < -0.3 is 5.73 Å². The van der Waals surface area contributed by atoms with E-state index in [1.165, 1.54) is 55.3 Å². The second-order valence-corrected chi connectivity index (χ2v) is 7.41. The first kappa shape index (κ1) is 11.9. The molecule has 19 heavy (non-hydrogen) atoms. The molecular formula is C17H24N2. The Morgan fingerprint density at radius 2 is 1.74 bits per heavy atom. The maximum atomic E-state index is 5.74. The largest absolute Gasteiger partial charge is 0.326 e. The zero-order valence-electron chi connectivity index (χ0n) is 11.9. The fourth-order valence-electron chi connectivity index (χ4n) is 5.70. The van der Waals surface area contributed by atoms with Crippen LogP contribution in [0.15, 0.2) is 12.3 Å². The number of pyridine rings is 1. The standard InChI is InChI=1S/C17H24N2/c1-11-2-15(9-18)10-19-16(11)17-6-12-3-13(7-17)5-14(4-12)8-17/h2,10,12-14H,3-9,18H2,1H3. The Kier molecular flexibility index (Phi) is 2.54. The summed E-state index contributed by atoms with van der Waals surface area (Å²) in [5, 5.41) is 0. The summed E-state index contributed by atoms with van der Waals surface area (Å²) >= 11 is 0. The number of hydrogen-bond acceptors (Lipinski definition) is 2. The average Bonchev–Trinajstić information content (AvgIpc) is 2.36. The average molecular weight is 256 g/mol. The Morgan fingerprint density at radius 3 is 2.21 bits per heavy atom. The first-order valence-electron chi connectivity index (χ1n) is 7.84. The summed E-state index contributed by atoms with van der Waals surface area (Å²) in [6.45, 7) is 2.84. The van der Waals surface area contributed by atoms with E-state index in [2.05, 4.69) is 13.0 Å².